The summed E-state index contributed by atoms with van der Waals surface area (Å²) in [6.45, 7) is 6.50. The molecular weight excluding hydrogens is 390 g/mol. The summed E-state index contributed by atoms with van der Waals surface area (Å²) >= 11 is 0. The topological polar surface area (TPSA) is 95.2 Å². The van der Waals surface area contributed by atoms with Gasteiger partial charge in [-0.15, -0.1) is 0 Å². The van der Waals surface area contributed by atoms with Crippen LogP contribution in [-0.4, -0.2) is 29.8 Å². The number of carbonyl (C=O) groups excluding carboxylic acids is 2. The van der Waals surface area contributed by atoms with E-state index in [-0.39, 0.29) is 25.4 Å². The molecule has 0 saturated carbocycles. The fraction of sp³-hybridized carbons (Fsp3) is 0.292. The van der Waals surface area contributed by atoms with E-state index in [0.29, 0.717) is 18.7 Å². The van der Waals surface area contributed by atoms with Crippen molar-refractivity contribution in [2.75, 3.05) is 18.4 Å². The van der Waals surface area contributed by atoms with Crippen molar-refractivity contribution < 1.29 is 11.0 Å². The van der Waals surface area contributed by atoms with Crippen LogP contribution >= 0.6 is 0 Å². The average molecular weight is 422 g/mol. The molecular formula is C24H31N5O2. The minimum atomic E-state index is -0.227. The molecule has 1 aromatic heterocycles. The lowest BCUT2D eigenvalue weighted by Gasteiger charge is -2.15. The van der Waals surface area contributed by atoms with Crippen molar-refractivity contribution in [2.24, 2.45) is 0 Å². The fourth-order valence-electron chi connectivity index (χ4n) is 3.29. The molecule has 0 bridgehead atoms. The highest BCUT2D eigenvalue weighted by Crippen LogP contribution is 2.26. The first-order valence-corrected chi connectivity index (χ1v) is 10.5. The zero-order valence-corrected chi connectivity index (χ0v) is 18.2. The van der Waals surface area contributed by atoms with Gasteiger partial charge < -0.3 is 21.5 Å². The van der Waals surface area contributed by atoms with Crippen molar-refractivity contribution in [1.82, 2.24) is 21.2 Å². The Bertz CT molecular complexity index is 1030. The zero-order chi connectivity index (χ0) is 22.2. The SMILES string of the molecule is CCC(=O)c1ncc(-c2cccc(CC)c2)cc1NC(=O)CNCC1=CNNC(C)=C1.[HH]. The summed E-state index contributed by atoms with van der Waals surface area (Å²) in [4.78, 5) is 29.3. The molecule has 1 amide bonds. The number of aryl methyl sites for hydroxylation is 1. The van der Waals surface area contributed by atoms with Crippen molar-refractivity contribution in [1.29, 1.82) is 0 Å². The van der Waals surface area contributed by atoms with Crippen LogP contribution in [-0.2, 0) is 11.2 Å². The maximum Gasteiger partial charge on any atom is 0.238 e. The predicted octanol–water partition coefficient (Wildman–Crippen LogP) is 3.57. The number of nitrogens with one attached hydrogen (secondary N) is 4. The first-order valence-electron chi connectivity index (χ1n) is 10.5. The molecule has 0 aliphatic carbocycles. The van der Waals surface area contributed by atoms with Gasteiger partial charge in [-0.3, -0.25) is 14.6 Å². The number of allylic oxidation sites excluding steroid dienone is 1. The third-order valence-corrected chi connectivity index (χ3v) is 4.96. The number of benzene rings is 1. The summed E-state index contributed by atoms with van der Waals surface area (Å²) < 4.78 is 0. The van der Waals surface area contributed by atoms with Crippen molar-refractivity contribution in [3.8, 4) is 11.1 Å². The van der Waals surface area contributed by atoms with Crippen molar-refractivity contribution in [3.05, 3.63) is 71.3 Å². The largest absolute Gasteiger partial charge is 0.323 e. The standard InChI is InChI=1S/C24H29N5O2.H2/c1-4-17-7-6-8-19(10-17)20-11-21(24(26-14-20)22(30)5-2)28-23(31)15-25-12-18-9-16(3)29-27-13-18;/h6-11,13-14,25,27,29H,4-5,12,15H2,1-3H3,(H,28,31);1H. The molecule has 1 aromatic carbocycles. The van der Waals surface area contributed by atoms with Crippen molar-refractivity contribution in [3.63, 3.8) is 0 Å². The van der Waals surface area contributed by atoms with Gasteiger partial charge in [0.05, 0.1) is 12.2 Å². The van der Waals surface area contributed by atoms with Crippen LogP contribution in [0.3, 0.4) is 0 Å². The first kappa shape index (κ1) is 22.2. The van der Waals surface area contributed by atoms with Crippen molar-refractivity contribution in [2.45, 2.75) is 33.6 Å². The summed E-state index contributed by atoms with van der Waals surface area (Å²) in [5.74, 6) is -0.335. The predicted molar refractivity (Wildman–Crippen MR) is 125 cm³/mol. The molecule has 2 aromatic rings. The highest BCUT2D eigenvalue weighted by Gasteiger charge is 2.15. The Morgan fingerprint density at radius 3 is 2.74 bits per heavy atom. The van der Waals surface area contributed by atoms with E-state index in [4.69, 9.17) is 0 Å². The summed E-state index contributed by atoms with van der Waals surface area (Å²) in [6, 6.07) is 10.0. The molecule has 0 saturated heterocycles. The van der Waals surface area contributed by atoms with Gasteiger partial charge in [-0.1, -0.05) is 38.1 Å². The molecule has 0 spiro atoms. The van der Waals surface area contributed by atoms with Gasteiger partial charge in [0.2, 0.25) is 5.91 Å². The molecule has 0 atom stereocenters. The van der Waals surface area contributed by atoms with Crippen LogP contribution in [0.15, 0.2) is 60.1 Å². The van der Waals surface area contributed by atoms with E-state index in [1.165, 1.54) is 5.56 Å². The molecule has 1 aliphatic heterocycles. The number of ketones is 1. The second-order valence-corrected chi connectivity index (χ2v) is 7.42. The minimum absolute atomic E-state index is 0. The number of carbonyl (C=O) groups is 2. The number of pyridine rings is 1. The van der Waals surface area contributed by atoms with E-state index in [2.05, 4.69) is 45.5 Å². The molecule has 0 radical (unpaired) electrons. The number of hydrogen-bond acceptors (Lipinski definition) is 6. The van der Waals surface area contributed by atoms with E-state index >= 15 is 0 Å². The fourth-order valence-corrected chi connectivity index (χ4v) is 3.29. The number of hydrogen-bond donors (Lipinski definition) is 4. The number of nitrogens with zero attached hydrogens (tertiary/aromatic N) is 1. The van der Waals surface area contributed by atoms with Gasteiger partial charge in [-0.05, 0) is 42.2 Å². The van der Waals surface area contributed by atoms with Crippen LogP contribution in [0.1, 0.15) is 44.7 Å². The summed E-state index contributed by atoms with van der Waals surface area (Å²) in [5.41, 5.74) is 11.8. The summed E-state index contributed by atoms with van der Waals surface area (Å²) in [5, 5.41) is 5.99. The molecule has 164 valence electrons. The van der Waals surface area contributed by atoms with Gasteiger partial charge in [0.25, 0.3) is 0 Å². The minimum Gasteiger partial charge on any atom is -0.323 e. The number of aromatic nitrogens is 1. The van der Waals surface area contributed by atoms with E-state index in [1.807, 2.05) is 37.4 Å². The van der Waals surface area contributed by atoms with Crippen molar-refractivity contribution >= 4 is 17.4 Å². The Kier molecular flexibility index (Phi) is 7.56. The third-order valence-electron chi connectivity index (χ3n) is 4.96. The van der Waals surface area contributed by atoms with E-state index in [0.717, 1.165) is 28.8 Å². The van der Waals surface area contributed by atoms with Crippen LogP contribution < -0.4 is 21.5 Å². The van der Waals surface area contributed by atoms with Crippen LogP contribution in [0.2, 0.25) is 0 Å². The quantitative estimate of drug-likeness (QED) is 0.463. The lowest BCUT2D eigenvalue weighted by Crippen LogP contribution is -2.33. The normalized spacial score (nSPS) is 12.9. The Balaban J connectivity index is 0.00000363. The average Bonchev–Trinajstić information content (AvgIpc) is 2.78. The smallest absolute Gasteiger partial charge is 0.238 e. The van der Waals surface area contributed by atoms with Gasteiger partial charge in [-0.2, -0.15) is 0 Å². The van der Waals surface area contributed by atoms with Crippen LogP contribution in [0, 0.1) is 0 Å². The van der Waals surface area contributed by atoms with E-state index in [1.54, 1.807) is 13.1 Å². The third kappa shape index (κ3) is 6.02. The number of rotatable bonds is 9. The number of amides is 1. The van der Waals surface area contributed by atoms with Gasteiger partial charge in [0, 0.05) is 38.0 Å². The Morgan fingerprint density at radius 2 is 2.00 bits per heavy atom. The lowest BCUT2D eigenvalue weighted by atomic mass is 10.0. The van der Waals surface area contributed by atoms with Crippen LogP contribution in [0.4, 0.5) is 5.69 Å². The second kappa shape index (κ2) is 10.5. The van der Waals surface area contributed by atoms with Crippen LogP contribution in [0.5, 0.6) is 0 Å². The molecule has 0 fully saturated rings. The van der Waals surface area contributed by atoms with E-state index in [9.17, 15) is 9.59 Å². The summed E-state index contributed by atoms with van der Waals surface area (Å²) in [7, 11) is 0. The first-order chi connectivity index (χ1) is 15.0. The Labute approximate surface area is 184 Å². The van der Waals surface area contributed by atoms with E-state index < -0.39 is 0 Å². The highest BCUT2D eigenvalue weighted by molar-refractivity contribution is 6.04. The van der Waals surface area contributed by atoms with Gasteiger partial charge in [0.1, 0.15) is 5.69 Å². The van der Waals surface area contributed by atoms with Gasteiger partial charge >= 0.3 is 0 Å². The Morgan fingerprint density at radius 1 is 1.16 bits per heavy atom. The lowest BCUT2D eigenvalue weighted by molar-refractivity contribution is -0.115. The maximum atomic E-state index is 12.6. The molecule has 7 heteroatoms. The number of anilines is 1. The Hall–Kier alpha value is -3.45. The maximum absolute atomic E-state index is 12.6. The van der Waals surface area contributed by atoms with Crippen LogP contribution in [0.25, 0.3) is 11.1 Å². The summed E-state index contributed by atoms with van der Waals surface area (Å²) in [6.07, 6.45) is 6.78. The molecule has 3 rings (SSSR count). The molecule has 31 heavy (non-hydrogen) atoms. The molecule has 0 unspecified atom stereocenters. The number of hydrazine groups is 1. The molecule has 1 aliphatic rings. The zero-order valence-electron chi connectivity index (χ0n) is 18.2. The van der Waals surface area contributed by atoms with Gasteiger partial charge in [-0.25, -0.2) is 0 Å². The highest BCUT2D eigenvalue weighted by atomic mass is 16.2. The number of Topliss-reactive ketones (excluding diaryl/α,β-unsaturated/α-hetero) is 1. The molecule has 2 heterocycles. The second-order valence-electron chi connectivity index (χ2n) is 7.42. The molecule has 7 nitrogen and oxygen atoms in total. The molecule has 4 N–H and O–H groups in total. The monoisotopic (exact) mass is 421 g/mol. The van der Waals surface area contributed by atoms with Gasteiger partial charge in [0.15, 0.2) is 5.78 Å².